The molecular weight excluding hydrogens is 170 g/mol. The highest BCUT2D eigenvalue weighted by atomic mass is 32.2. The summed E-state index contributed by atoms with van der Waals surface area (Å²) in [6.07, 6.45) is 0. The summed E-state index contributed by atoms with van der Waals surface area (Å²) >= 11 is 1.81. The molecule has 0 fully saturated rings. The average Bonchev–Trinajstić information content (AvgIpc) is 1.83. The molecule has 3 nitrogen and oxygen atoms in total. The first kappa shape index (κ1) is 11.8. The van der Waals surface area contributed by atoms with Crippen molar-refractivity contribution in [1.29, 1.82) is 0 Å². The van der Waals surface area contributed by atoms with Gasteiger partial charge in [-0.15, -0.1) is 0 Å². The summed E-state index contributed by atoms with van der Waals surface area (Å²) < 4.78 is 0. The molecule has 0 unspecified atom stereocenters. The van der Waals surface area contributed by atoms with E-state index in [0.717, 1.165) is 18.1 Å². The summed E-state index contributed by atoms with van der Waals surface area (Å²) in [4.78, 5) is 4.08. The quantitative estimate of drug-likeness (QED) is 0.382. The molecule has 0 amide bonds. The molecule has 0 heterocycles. The van der Waals surface area contributed by atoms with Gasteiger partial charge < -0.3 is 11.5 Å². The van der Waals surface area contributed by atoms with Crippen molar-refractivity contribution in [2.24, 2.45) is 16.5 Å². The zero-order chi connectivity index (χ0) is 9.61. The zero-order valence-corrected chi connectivity index (χ0v) is 8.95. The Labute approximate surface area is 79.0 Å². The van der Waals surface area contributed by atoms with Gasteiger partial charge in [-0.1, -0.05) is 0 Å². The molecule has 0 aromatic carbocycles. The summed E-state index contributed by atoms with van der Waals surface area (Å²) in [5, 5.41) is 0. The number of hydrogen-bond acceptors (Lipinski definition) is 3. The Bertz CT molecular complexity index is 145. The first-order valence-electron chi connectivity index (χ1n) is 4.05. The van der Waals surface area contributed by atoms with Crippen LogP contribution in [0, 0.1) is 0 Å². The van der Waals surface area contributed by atoms with Crippen LogP contribution in [0.5, 0.6) is 0 Å². The molecule has 0 radical (unpaired) electrons. The minimum atomic E-state index is -0.0772. The van der Waals surface area contributed by atoms with Gasteiger partial charge in [0.25, 0.3) is 0 Å². The van der Waals surface area contributed by atoms with Crippen LogP contribution in [0.25, 0.3) is 0 Å². The summed E-state index contributed by atoms with van der Waals surface area (Å²) in [6, 6.07) is 0. The molecule has 0 aliphatic carbocycles. The maximum atomic E-state index is 5.80. The smallest absolute Gasteiger partial charge is 0.0905 e. The lowest BCUT2D eigenvalue weighted by Gasteiger charge is -2.16. The minimum absolute atomic E-state index is 0.0772. The maximum absolute atomic E-state index is 5.80. The monoisotopic (exact) mass is 189 g/mol. The van der Waals surface area contributed by atoms with E-state index in [9.17, 15) is 0 Å². The van der Waals surface area contributed by atoms with Crippen LogP contribution in [0.15, 0.2) is 4.99 Å². The predicted octanol–water partition coefficient (Wildman–Crippen LogP) is 0.834. The van der Waals surface area contributed by atoms with Crippen molar-refractivity contribution < 1.29 is 0 Å². The Morgan fingerprint density at radius 2 is 2.08 bits per heavy atom. The van der Waals surface area contributed by atoms with Gasteiger partial charge >= 0.3 is 0 Å². The van der Waals surface area contributed by atoms with Crippen molar-refractivity contribution in [3.8, 4) is 0 Å². The summed E-state index contributed by atoms with van der Waals surface area (Å²) in [7, 11) is 0. The predicted molar refractivity (Wildman–Crippen MR) is 57.8 cm³/mol. The number of amidine groups is 1. The fourth-order valence-electron chi connectivity index (χ4n) is 0.622. The van der Waals surface area contributed by atoms with Crippen LogP contribution in [0.1, 0.15) is 20.8 Å². The second-order valence-electron chi connectivity index (χ2n) is 3.56. The molecule has 4 heteroatoms. The second-order valence-corrected chi connectivity index (χ2v) is 4.67. The SMILES string of the molecule is CC(N)=NCCSCC(C)(C)N. The molecule has 12 heavy (non-hydrogen) atoms. The standard InChI is InChI=1S/C8H19N3S/c1-7(9)11-4-5-12-6-8(2,3)10/h4-6,10H2,1-3H3,(H2,9,11). The molecule has 4 N–H and O–H groups in total. The van der Waals surface area contributed by atoms with Gasteiger partial charge in [0.1, 0.15) is 0 Å². The Morgan fingerprint density at radius 1 is 1.50 bits per heavy atom. The van der Waals surface area contributed by atoms with Crippen molar-refractivity contribution in [1.82, 2.24) is 0 Å². The van der Waals surface area contributed by atoms with E-state index in [1.54, 1.807) is 6.92 Å². The van der Waals surface area contributed by atoms with Crippen LogP contribution in [-0.4, -0.2) is 29.4 Å². The van der Waals surface area contributed by atoms with E-state index in [1.807, 2.05) is 25.6 Å². The highest BCUT2D eigenvalue weighted by molar-refractivity contribution is 7.99. The number of hydrogen-bond donors (Lipinski definition) is 2. The van der Waals surface area contributed by atoms with Crippen LogP contribution in [-0.2, 0) is 0 Å². The zero-order valence-electron chi connectivity index (χ0n) is 8.13. The Kier molecular flexibility index (Phi) is 5.33. The van der Waals surface area contributed by atoms with Crippen LogP contribution < -0.4 is 11.5 Å². The highest BCUT2D eigenvalue weighted by Crippen LogP contribution is 2.08. The van der Waals surface area contributed by atoms with Crippen molar-refractivity contribution in [3.05, 3.63) is 0 Å². The van der Waals surface area contributed by atoms with E-state index in [2.05, 4.69) is 4.99 Å². The molecule has 0 bridgehead atoms. The van der Waals surface area contributed by atoms with Gasteiger partial charge in [-0.05, 0) is 20.8 Å². The molecule has 0 aliphatic rings. The Hall–Kier alpha value is -0.220. The average molecular weight is 189 g/mol. The van der Waals surface area contributed by atoms with Gasteiger partial charge in [0.2, 0.25) is 0 Å². The molecule has 0 aromatic rings. The van der Waals surface area contributed by atoms with Crippen LogP contribution in [0.3, 0.4) is 0 Å². The van der Waals surface area contributed by atoms with Crippen molar-refractivity contribution in [3.63, 3.8) is 0 Å². The number of rotatable bonds is 5. The largest absolute Gasteiger partial charge is 0.388 e. The molecule has 72 valence electrons. The van der Waals surface area contributed by atoms with E-state index < -0.39 is 0 Å². The molecule has 0 aliphatic heterocycles. The summed E-state index contributed by atoms with van der Waals surface area (Å²) in [5.74, 6) is 2.61. The van der Waals surface area contributed by atoms with Crippen molar-refractivity contribution in [2.45, 2.75) is 26.3 Å². The van der Waals surface area contributed by atoms with Crippen LogP contribution in [0.2, 0.25) is 0 Å². The highest BCUT2D eigenvalue weighted by Gasteiger charge is 2.09. The van der Waals surface area contributed by atoms with Crippen molar-refractivity contribution in [2.75, 3.05) is 18.1 Å². The summed E-state index contributed by atoms with van der Waals surface area (Å²) in [5.41, 5.74) is 11.1. The van der Waals surface area contributed by atoms with Gasteiger partial charge in [-0.2, -0.15) is 11.8 Å². The van der Waals surface area contributed by atoms with Crippen molar-refractivity contribution >= 4 is 17.6 Å². The summed E-state index contributed by atoms with van der Waals surface area (Å²) in [6.45, 7) is 6.65. The Morgan fingerprint density at radius 3 is 2.50 bits per heavy atom. The van der Waals surface area contributed by atoms with Gasteiger partial charge in [-0.3, -0.25) is 4.99 Å². The minimum Gasteiger partial charge on any atom is -0.388 e. The van der Waals surface area contributed by atoms with Gasteiger partial charge in [0.05, 0.1) is 5.84 Å². The van der Waals surface area contributed by atoms with Crippen LogP contribution >= 0.6 is 11.8 Å². The molecule has 0 aromatic heterocycles. The van der Waals surface area contributed by atoms with E-state index in [-0.39, 0.29) is 5.54 Å². The van der Waals surface area contributed by atoms with Gasteiger partial charge in [0.15, 0.2) is 0 Å². The molecule has 0 atom stereocenters. The normalized spacial score (nSPS) is 13.5. The van der Waals surface area contributed by atoms with E-state index in [1.165, 1.54) is 0 Å². The fourth-order valence-corrected chi connectivity index (χ4v) is 1.51. The lowest BCUT2D eigenvalue weighted by molar-refractivity contribution is 0.591. The lowest BCUT2D eigenvalue weighted by atomic mass is 10.1. The molecule has 0 rings (SSSR count). The number of nitrogens with zero attached hydrogens (tertiary/aromatic N) is 1. The van der Waals surface area contributed by atoms with E-state index in [4.69, 9.17) is 11.5 Å². The molecular formula is C8H19N3S. The van der Waals surface area contributed by atoms with Gasteiger partial charge in [0, 0.05) is 23.6 Å². The third kappa shape index (κ3) is 9.78. The first-order valence-corrected chi connectivity index (χ1v) is 5.20. The van der Waals surface area contributed by atoms with E-state index >= 15 is 0 Å². The number of nitrogens with two attached hydrogens (primary N) is 2. The van der Waals surface area contributed by atoms with E-state index in [0.29, 0.717) is 5.84 Å². The fraction of sp³-hybridized carbons (Fsp3) is 0.875. The third-order valence-corrected chi connectivity index (χ3v) is 2.49. The number of aliphatic imine (C=N–C) groups is 1. The molecule has 0 spiro atoms. The lowest BCUT2D eigenvalue weighted by Crippen LogP contribution is -2.34. The molecule has 0 saturated carbocycles. The van der Waals surface area contributed by atoms with Crippen LogP contribution in [0.4, 0.5) is 0 Å². The number of thioether (sulfide) groups is 1. The first-order chi connectivity index (χ1) is 5.42. The second kappa shape index (κ2) is 5.43. The molecule has 0 saturated heterocycles. The maximum Gasteiger partial charge on any atom is 0.0905 e. The third-order valence-electron chi connectivity index (χ3n) is 1.07. The topological polar surface area (TPSA) is 64.4 Å². The Balaban J connectivity index is 3.29. The van der Waals surface area contributed by atoms with Gasteiger partial charge in [-0.25, -0.2) is 0 Å².